The summed E-state index contributed by atoms with van der Waals surface area (Å²) in [4.78, 5) is 37.5. The van der Waals surface area contributed by atoms with Crippen molar-refractivity contribution >= 4 is 22.6 Å². The Labute approximate surface area is 120 Å². The third-order valence-electron chi connectivity index (χ3n) is 3.18. The number of aromatic amines is 1. The van der Waals surface area contributed by atoms with Gasteiger partial charge in [-0.25, -0.2) is 4.79 Å². The van der Waals surface area contributed by atoms with Gasteiger partial charge in [-0.05, 0) is 23.9 Å². The van der Waals surface area contributed by atoms with E-state index in [1.165, 1.54) is 6.07 Å². The van der Waals surface area contributed by atoms with Crippen molar-refractivity contribution in [1.82, 2.24) is 10.3 Å². The summed E-state index contributed by atoms with van der Waals surface area (Å²) >= 11 is 0. The van der Waals surface area contributed by atoms with Gasteiger partial charge < -0.3 is 15.4 Å². The van der Waals surface area contributed by atoms with Gasteiger partial charge in [-0.2, -0.15) is 0 Å². The van der Waals surface area contributed by atoms with E-state index in [1.54, 1.807) is 24.3 Å². The van der Waals surface area contributed by atoms with E-state index in [2.05, 4.69) is 10.3 Å². The topological polar surface area (TPSA) is 99.3 Å². The molecule has 1 heterocycles. The van der Waals surface area contributed by atoms with E-state index in [0.29, 0.717) is 23.6 Å². The van der Waals surface area contributed by atoms with Crippen LogP contribution in [0.15, 0.2) is 35.1 Å². The molecule has 0 aliphatic heterocycles. The number of amides is 1. The predicted molar refractivity (Wildman–Crippen MR) is 78.4 cm³/mol. The monoisotopic (exact) mass is 288 g/mol. The Morgan fingerprint density at radius 2 is 2.05 bits per heavy atom. The summed E-state index contributed by atoms with van der Waals surface area (Å²) in [5, 5.41) is 12.6. The lowest BCUT2D eigenvalue weighted by molar-refractivity contribution is -0.139. The first kappa shape index (κ1) is 14.8. The number of carboxylic acid groups (broad SMARTS) is 1. The number of rotatable bonds is 5. The van der Waals surface area contributed by atoms with Crippen molar-refractivity contribution in [1.29, 1.82) is 0 Å². The van der Waals surface area contributed by atoms with Gasteiger partial charge in [-0.3, -0.25) is 9.59 Å². The van der Waals surface area contributed by atoms with E-state index >= 15 is 0 Å². The number of benzene rings is 1. The summed E-state index contributed by atoms with van der Waals surface area (Å²) in [7, 11) is 0. The lowest BCUT2D eigenvalue weighted by Crippen LogP contribution is -2.41. The number of carbonyl (C=O) groups is 2. The third-order valence-corrected chi connectivity index (χ3v) is 3.18. The van der Waals surface area contributed by atoms with Crippen LogP contribution >= 0.6 is 0 Å². The lowest BCUT2D eigenvalue weighted by Gasteiger charge is -2.13. The molecular weight excluding hydrogens is 272 g/mol. The first-order valence-corrected chi connectivity index (χ1v) is 6.68. The van der Waals surface area contributed by atoms with E-state index < -0.39 is 17.9 Å². The molecule has 21 heavy (non-hydrogen) atoms. The molecule has 6 heteroatoms. The van der Waals surface area contributed by atoms with Crippen molar-refractivity contribution in [2.75, 3.05) is 0 Å². The first-order valence-electron chi connectivity index (χ1n) is 6.68. The zero-order chi connectivity index (χ0) is 15.4. The lowest BCUT2D eigenvalue weighted by atomic mass is 10.1. The zero-order valence-corrected chi connectivity index (χ0v) is 11.6. The average Bonchev–Trinajstić information content (AvgIpc) is 2.46. The minimum Gasteiger partial charge on any atom is -0.480 e. The van der Waals surface area contributed by atoms with Gasteiger partial charge >= 0.3 is 5.97 Å². The predicted octanol–water partition coefficient (Wildman–Crippen LogP) is 1.51. The highest BCUT2D eigenvalue weighted by Gasteiger charge is 2.20. The largest absolute Gasteiger partial charge is 0.480 e. The molecule has 1 aromatic heterocycles. The van der Waals surface area contributed by atoms with E-state index in [-0.39, 0.29) is 11.3 Å². The number of pyridine rings is 1. The summed E-state index contributed by atoms with van der Waals surface area (Å²) in [6.07, 6.45) is 0.963. The smallest absolute Gasteiger partial charge is 0.326 e. The molecule has 0 spiro atoms. The molecule has 0 aliphatic carbocycles. The molecule has 0 saturated heterocycles. The van der Waals surface area contributed by atoms with Crippen LogP contribution in [0.2, 0.25) is 0 Å². The Kier molecular flexibility index (Phi) is 4.37. The van der Waals surface area contributed by atoms with E-state index in [1.807, 2.05) is 6.92 Å². The molecule has 1 atom stereocenters. The fourth-order valence-corrected chi connectivity index (χ4v) is 2.12. The van der Waals surface area contributed by atoms with E-state index in [9.17, 15) is 14.4 Å². The number of aliphatic carboxylic acids is 1. The molecule has 6 nitrogen and oxygen atoms in total. The Morgan fingerprint density at radius 1 is 1.33 bits per heavy atom. The second-order valence-electron chi connectivity index (χ2n) is 4.75. The van der Waals surface area contributed by atoms with Crippen molar-refractivity contribution in [3.63, 3.8) is 0 Å². The zero-order valence-electron chi connectivity index (χ0n) is 11.6. The summed E-state index contributed by atoms with van der Waals surface area (Å²) < 4.78 is 0. The molecule has 0 radical (unpaired) electrons. The Balaban J connectivity index is 2.31. The Bertz CT molecular complexity index is 736. The number of nitrogens with one attached hydrogen (secondary N) is 2. The van der Waals surface area contributed by atoms with Crippen LogP contribution in [-0.2, 0) is 4.79 Å². The van der Waals surface area contributed by atoms with Gasteiger partial charge in [0.15, 0.2) is 0 Å². The molecule has 0 fully saturated rings. The molecule has 0 unspecified atom stereocenters. The minimum absolute atomic E-state index is 0.0565. The number of fused-ring (bicyclic) bond motifs is 1. The maximum atomic E-state index is 12.1. The first-order chi connectivity index (χ1) is 10.0. The molecule has 2 rings (SSSR count). The van der Waals surface area contributed by atoms with Crippen molar-refractivity contribution in [3.8, 4) is 0 Å². The Morgan fingerprint density at radius 3 is 2.71 bits per heavy atom. The fraction of sp³-hybridized carbons (Fsp3) is 0.267. The fourth-order valence-electron chi connectivity index (χ4n) is 2.12. The molecule has 0 bridgehead atoms. The molecule has 1 aromatic carbocycles. The summed E-state index contributed by atoms with van der Waals surface area (Å²) in [6, 6.07) is 7.46. The van der Waals surface area contributed by atoms with Crippen LogP contribution in [-0.4, -0.2) is 28.0 Å². The summed E-state index contributed by atoms with van der Waals surface area (Å²) in [6.45, 7) is 1.83. The minimum atomic E-state index is -1.09. The number of hydrogen-bond donors (Lipinski definition) is 3. The quantitative estimate of drug-likeness (QED) is 0.776. The summed E-state index contributed by atoms with van der Waals surface area (Å²) in [5.74, 6) is -1.69. The number of carboxylic acids is 1. The summed E-state index contributed by atoms with van der Waals surface area (Å²) in [5.41, 5.74) is -0.318. The van der Waals surface area contributed by atoms with Crippen LogP contribution in [0.25, 0.3) is 10.8 Å². The van der Waals surface area contributed by atoms with Crippen LogP contribution < -0.4 is 10.9 Å². The number of carbonyl (C=O) groups excluding carboxylic acids is 1. The van der Waals surface area contributed by atoms with Gasteiger partial charge in [0.05, 0.1) is 0 Å². The molecule has 2 aromatic rings. The second-order valence-corrected chi connectivity index (χ2v) is 4.75. The highest BCUT2D eigenvalue weighted by atomic mass is 16.4. The van der Waals surface area contributed by atoms with E-state index in [0.717, 1.165) is 0 Å². The highest BCUT2D eigenvalue weighted by Crippen LogP contribution is 2.10. The maximum absolute atomic E-state index is 12.1. The van der Waals surface area contributed by atoms with Gasteiger partial charge in [0.1, 0.15) is 11.7 Å². The molecule has 3 N–H and O–H groups in total. The van der Waals surface area contributed by atoms with Crippen LogP contribution in [0.1, 0.15) is 30.3 Å². The molecule has 0 aliphatic rings. The van der Waals surface area contributed by atoms with Crippen molar-refractivity contribution in [2.24, 2.45) is 0 Å². The van der Waals surface area contributed by atoms with Gasteiger partial charge in [0, 0.05) is 5.39 Å². The van der Waals surface area contributed by atoms with Crippen LogP contribution in [0.5, 0.6) is 0 Å². The Hall–Kier alpha value is -2.63. The molecule has 110 valence electrons. The van der Waals surface area contributed by atoms with Crippen LogP contribution in [0.4, 0.5) is 0 Å². The maximum Gasteiger partial charge on any atom is 0.326 e. The van der Waals surface area contributed by atoms with Crippen molar-refractivity contribution in [2.45, 2.75) is 25.8 Å². The second kappa shape index (κ2) is 6.21. The van der Waals surface area contributed by atoms with Crippen molar-refractivity contribution in [3.05, 3.63) is 46.4 Å². The molecule has 0 saturated carbocycles. The standard InChI is InChI=1S/C15H16N2O4/c1-2-5-11(15(20)21)16-14(19)12-8-9-6-3-4-7-10(9)13(18)17-12/h3-4,6-8,11H,2,5H2,1H3,(H,16,19)(H,17,18)(H,20,21)/t11-/m0/s1. The number of aromatic nitrogens is 1. The molecular formula is C15H16N2O4. The van der Waals surface area contributed by atoms with Crippen LogP contribution in [0.3, 0.4) is 0 Å². The highest BCUT2D eigenvalue weighted by molar-refractivity contribution is 5.98. The normalized spacial score (nSPS) is 12.0. The molecule has 1 amide bonds. The van der Waals surface area contributed by atoms with Gasteiger partial charge in [0.25, 0.3) is 11.5 Å². The van der Waals surface area contributed by atoms with Gasteiger partial charge in [-0.1, -0.05) is 31.5 Å². The average molecular weight is 288 g/mol. The van der Waals surface area contributed by atoms with Gasteiger partial charge in [-0.15, -0.1) is 0 Å². The van der Waals surface area contributed by atoms with E-state index in [4.69, 9.17) is 5.11 Å². The van der Waals surface area contributed by atoms with Crippen molar-refractivity contribution < 1.29 is 14.7 Å². The third kappa shape index (κ3) is 3.28. The van der Waals surface area contributed by atoms with Crippen LogP contribution in [0, 0.1) is 0 Å². The number of hydrogen-bond acceptors (Lipinski definition) is 3. The number of H-pyrrole nitrogens is 1. The SMILES string of the molecule is CCC[C@H](NC(=O)c1cc2ccccc2c(=O)[nH]1)C(=O)O. The van der Waals surface area contributed by atoms with Gasteiger partial charge in [0.2, 0.25) is 0 Å².